The number of aryl methyl sites for hydroxylation is 1. The third-order valence-corrected chi connectivity index (χ3v) is 3.45. The third kappa shape index (κ3) is 3.03. The van der Waals surface area contributed by atoms with E-state index < -0.39 is 0 Å². The van der Waals surface area contributed by atoms with Gasteiger partial charge in [0.05, 0.1) is 11.9 Å². The van der Waals surface area contributed by atoms with Crippen molar-refractivity contribution in [1.82, 2.24) is 9.78 Å². The molecule has 0 aliphatic heterocycles. The standard InChI is InChI=1S/C13H17N3S/c1-10(15-12-8-14-16(2)9-12)11-4-6-13(17-3)7-5-11/h4-10,15H,1-3H3. The molecule has 3 nitrogen and oxygen atoms in total. The van der Waals surface area contributed by atoms with Gasteiger partial charge >= 0.3 is 0 Å². The topological polar surface area (TPSA) is 29.9 Å². The minimum absolute atomic E-state index is 0.287. The lowest BCUT2D eigenvalue weighted by Crippen LogP contribution is -2.05. The summed E-state index contributed by atoms with van der Waals surface area (Å²) in [6.07, 6.45) is 5.91. The molecule has 0 saturated carbocycles. The number of benzene rings is 1. The van der Waals surface area contributed by atoms with E-state index in [0.717, 1.165) is 5.69 Å². The predicted octanol–water partition coefficient (Wildman–Crippen LogP) is 3.32. The number of nitrogens with one attached hydrogen (secondary N) is 1. The minimum Gasteiger partial charge on any atom is -0.376 e. The maximum absolute atomic E-state index is 4.14. The van der Waals surface area contributed by atoms with E-state index in [0.29, 0.717) is 0 Å². The summed E-state index contributed by atoms with van der Waals surface area (Å²) in [7, 11) is 1.92. The molecule has 1 aromatic carbocycles. The van der Waals surface area contributed by atoms with Crippen molar-refractivity contribution in [3.05, 3.63) is 42.2 Å². The Bertz CT molecular complexity index is 476. The van der Waals surface area contributed by atoms with Crippen molar-refractivity contribution in [2.45, 2.75) is 17.9 Å². The Morgan fingerprint density at radius 1 is 1.29 bits per heavy atom. The molecule has 4 heteroatoms. The van der Waals surface area contributed by atoms with Crippen LogP contribution in [0.4, 0.5) is 5.69 Å². The van der Waals surface area contributed by atoms with Gasteiger partial charge in [0.25, 0.3) is 0 Å². The molecular weight excluding hydrogens is 230 g/mol. The van der Waals surface area contributed by atoms with E-state index in [-0.39, 0.29) is 6.04 Å². The van der Waals surface area contributed by atoms with Gasteiger partial charge in [-0.3, -0.25) is 4.68 Å². The maximum Gasteiger partial charge on any atom is 0.0731 e. The zero-order valence-electron chi connectivity index (χ0n) is 10.3. The molecule has 2 rings (SSSR count). The molecule has 1 atom stereocenters. The quantitative estimate of drug-likeness (QED) is 0.841. The van der Waals surface area contributed by atoms with Gasteiger partial charge in [0.15, 0.2) is 0 Å². The van der Waals surface area contributed by atoms with E-state index in [9.17, 15) is 0 Å². The Balaban J connectivity index is 2.06. The smallest absolute Gasteiger partial charge is 0.0731 e. The molecule has 0 radical (unpaired) electrons. The molecule has 0 spiro atoms. The second-order valence-corrected chi connectivity index (χ2v) is 4.92. The molecule has 1 aromatic heterocycles. The van der Waals surface area contributed by atoms with Crippen molar-refractivity contribution in [2.24, 2.45) is 7.05 Å². The molecule has 1 N–H and O–H groups in total. The number of rotatable bonds is 4. The maximum atomic E-state index is 4.14. The fraction of sp³-hybridized carbons (Fsp3) is 0.308. The van der Waals surface area contributed by atoms with Crippen LogP contribution in [-0.2, 0) is 7.05 Å². The van der Waals surface area contributed by atoms with E-state index in [1.165, 1.54) is 10.5 Å². The second-order valence-electron chi connectivity index (χ2n) is 4.04. The van der Waals surface area contributed by atoms with Crippen molar-refractivity contribution >= 4 is 17.4 Å². The Morgan fingerprint density at radius 2 is 2.00 bits per heavy atom. The monoisotopic (exact) mass is 247 g/mol. The summed E-state index contributed by atoms with van der Waals surface area (Å²) in [5.74, 6) is 0. The molecule has 0 bridgehead atoms. The van der Waals surface area contributed by atoms with E-state index in [4.69, 9.17) is 0 Å². The summed E-state index contributed by atoms with van der Waals surface area (Å²) in [6.45, 7) is 2.15. The highest BCUT2D eigenvalue weighted by Crippen LogP contribution is 2.21. The number of hydrogen-bond acceptors (Lipinski definition) is 3. The zero-order valence-corrected chi connectivity index (χ0v) is 11.2. The third-order valence-electron chi connectivity index (χ3n) is 2.70. The van der Waals surface area contributed by atoms with Crippen LogP contribution in [0.5, 0.6) is 0 Å². The van der Waals surface area contributed by atoms with Gasteiger partial charge in [-0.2, -0.15) is 5.10 Å². The minimum atomic E-state index is 0.287. The van der Waals surface area contributed by atoms with Crippen LogP contribution in [0.25, 0.3) is 0 Å². The Hall–Kier alpha value is -1.42. The van der Waals surface area contributed by atoms with Crippen LogP contribution in [0.1, 0.15) is 18.5 Å². The van der Waals surface area contributed by atoms with Gasteiger partial charge in [0, 0.05) is 24.2 Å². The zero-order chi connectivity index (χ0) is 12.3. The van der Waals surface area contributed by atoms with Crippen LogP contribution in [0.2, 0.25) is 0 Å². The number of anilines is 1. The van der Waals surface area contributed by atoms with Crippen LogP contribution in [0.15, 0.2) is 41.6 Å². The highest BCUT2D eigenvalue weighted by Gasteiger charge is 2.06. The van der Waals surface area contributed by atoms with Crippen molar-refractivity contribution in [3.8, 4) is 0 Å². The molecule has 0 saturated heterocycles. The van der Waals surface area contributed by atoms with E-state index in [2.05, 4.69) is 47.9 Å². The first-order valence-electron chi connectivity index (χ1n) is 5.58. The molecule has 0 aliphatic rings. The Labute approximate surface area is 106 Å². The van der Waals surface area contributed by atoms with Crippen LogP contribution in [0.3, 0.4) is 0 Å². The number of hydrogen-bond donors (Lipinski definition) is 1. The molecule has 1 heterocycles. The van der Waals surface area contributed by atoms with Gasteiger partial charge in [0.2, 0.25) is 0 Å². The summed E-state index contributed by atoms with van der Waals surface area (Å²) in [6, 6.07) is 8.93. The van der Waals surface area contributed by atoms with Crippen molar-refractivity contribution in [1.29, 1.82) is 0 Å². The molecule has 1 unspecified atom stereocenters. The molecule has 0 fully saturated rings. The fourth-order valence-electron chi connectivity index (χ4n) is 1.72. The first-order chi connectivity index (χ1) is 8.19. The average Bonchev–Trinajstić information content (AvgIpc) is 2.75. The normalized spacial score (nSPS) is 12.4. The van der Waals surface area contributed by atoms with Gasteiger partial charge in [-0.05, 0) is 30.9 Å². The summed E-state index contributed by atoms with van der Waals surface area (Å²) in [5, 5.41) is 7.57. The summed E-state index contributed by atoms with van der Waals surface area (Å²) in [5.41, 5.74) is 2.33. The van der Waals surface area contributed by atoms with Crippen molar-refractivity contribution in [3.63, 3.8) is 0 Å². The van der Waals surface area contributed by atoms with Gasteiger partial charge in [-0.25, -0.2) is 0 Å². The van der Waals surface area contributed by atoms with Crippen LogP contribution < -0.4 is 5.32 Å². The first-order valence-corrected chi connectivity index (χ1v) is 6.80. The van der Waals surface area contributed by atoms with Crippen LogP contribution in [0, 0.1) is 0 Å². The lowest BCUT2D eigenvalue weighted by molar-refractivity contribution is 0.767. The molecule has 2 aromatic rings. The summed E-state index contributed by atoms with van der Waals surface area (Å²) in [4.78, 5) is 1.29. The summed E-state index contributed by atoms with van der Waals surface area (Å²) < 4.78 is 1.80. The number of thioether (sulfide) groups is 1. The number of aromatic nitrogens is 2. The van der Waals surface area contributed by atoms with Gasteiger partial charge in [-0.15, -0.1) is 11.8 Å². The molecule has 17 heavy (non-hydrogen) atoms. The summed E-state index contributed by atoms with van der Waals surface area (Å²) >= 11 is 1.76. The lowest BCUT2D eigenvalue weighted by Gasteiger charge is -2.14. The van der Waals surface area contributed by atoms with Crippen molar-refractivity contribution < 1.29 is 0 Å². The van der Waals surface area contributed by atoms with E-state index >= 15 is 0 Å². The first kappa shape index (κ1) is 12.0. The molecule has 90 valence electrons. The Kier molecular flexibility index (Phi) is 3.74. The largest absolute Gasteiger partial charge is 0.376 e. The number of nitrogens with zero attached hydrogens (tertiary/aromatic N) is 2. The molecule has 0 amide bonds. The van der Waals surface area contributed by atoms with Crippen LogP contribution >= 0.6 is 11.8 Å². The van der Waals surface area contributed by atoms with Crippen molar-refractivity contribution in [2.75, 3.05) is 11.6 Å². The predicted molar refractivity (Wildman–Crippen MR) is 73.5 cm³/mol. The fourth-order valence-corrected chi connectivity index (χ4v) is 2.13. The molecular formula is C13H17N3S. The van der Waals surface area contributed by atoms with Gasteiger partial charge in [0.1, 0.15) is 0 Å². The second kappa shape index (κ2) is 5.27. The van der Waals surface area contributed by atoms with Gasteiger partial charge < -0.3 is 5.32 Å². The Morgan fingerprint density at radius 3 is 2.53 bits per heavy atom. The van der Waals surface area contributed by atoms with Crippen LogP contribution in [-0.4, -0.2) is 16.0 Å². The highest BCUT2D eigenvalue weighted by molar-refractivity contribution is 7.98. The van der Waals surface area contributed by atoms with Gasteiger partial charge in [-0.1, -0.05) is 12.1 Å². The molecule has 0 aliphatic carbocycles. The van der Waals surface area contributed by atoms with E-state index in [1.807, 2.05) is 19.4 Å². The van der Waals surface area contributed by atoms with E-state index in [1.54, 1.807) is 16.4 Å². The average molecular weight is 247 g/mol. The highest BCUT2D eigenvalue weighted by atomic mass is 32.2. The lowest BCUT2D eigenvalue weighted by atomic mass is 10.1. The SMILES string of the molecule is CSc1ccc(C(C)Nc2cnn(C)c2)cc1.